The van der Waals surface area contributed by atoms with Gasteiger partial charge in [-0.25, -0.2) is 0 Å². The second kappa shape index (κ2) is 8.30. The molecule has 1 aliphatic heterocycles. The van der Waals surface area contributed by atoms with Crippen molar-refractivity contribution < 1.29 is 9.90 Å². The molecule has 0 unspecified atom stereocenters. The Morgan fingerprint density at radius 2 is 1.91 bits per heavy atom. The lowest BCUT2D eigenvalue weighted by Gasteiger charge is -2.32. The molecule has 0 atom stereocenters. The predicted octanol–water partition coefficient (Wildman–Crippen LogP) is 2.56. The second-order valence-electron chi connectivity index (χ2n) is 7.88. The molecule has 1 amide bonds. The van der Waals surface area contributed by atoms with Crippen LogP contribution in [0.25, 0.3) is 0 Å². The van der Waals surface area contributed by atoms with Crippen LogP contribution in [0.4, 0.5) is 0 Å². The van der Waals surface area contributed by atoms with E-state index in [2.05, 4.69) is 24.1 Å². The molecule has 4 heteroatoms. The van der Waals surface area contributed by atoms with Crippen LogP contribution in [0, 0.1) is 11.8 Å². The van der Waals surface area contributed by atoms with Gasteiger partial charge in [-0.05, 0) is 63.6 Å². The van der Waals surface area contributed by atoms with Crippen LogP contribution in [0.5, 0.6) is 0 Å². The van der Waals surface area contributed by atoms with Gasteiger partial charge in [0.25, 0.3) is 0 Å². The highest BCUT2D eigenvalue weighted by atomic mass is 16.3. The summed E-state index contributed by atoms with van der Waals surface area (Å²) in [5.74, 6) is 1.42. The van der Waals surface area contributed by atoms with E-state index in [1.165, 1.54) is 25.8 Å². The molecule has 1 aliphatic carbocycles. The number of rotatable bonds is 7. The van der Waals surface area contributed by atoms with Crippen molar-refractivity contribution in [1.82, 2.24) is 10.2 Å². The summed E-state index contributed by atoms with van der Waals surface area (Å²) in [4.78, 5) is 14.6. The van der Waals surface area contributed by atoms with Crippen LogP contribution in [0.2, 0.25) is 0 Å². The quantitative estimate of drug-likeness (QED) is 0.760. The topological polar surface area (TPSA) is 52.6 Å². The highest BCUT2D eigenvalue weighted by Gasteiger charge is 2.33. The fourth-order valence-electron chi connectivity index (χ4n) is 3.68. The molecular weight excluding hydrogens is 276 g/mol. The maximum atomic E-state index is 12.0. The summed E-state index contributed by atoms with van der Waals surface area (Å²) in [6, 6.07) is 0. The number of amides is 1. The monoisotopic (exact) mass is 310 g/mol. The molecule has 0 bridgehead atoms. The molecular formula is C18H34N2O2. The number of piperidine rings is 1. The minimum atomic E-state index is -0.718. The molecule has 1 heterocycles. The number of carbonyl (C=O) groups is 1. The first-order chi connectivity index (χ1) is 10.5. The Labute approximate surface area is 135 Å². The zero-order valence-electron chi connectivity index (χ0n) is 14.4. The van der Waals surface area contributed by atoms with Crippen molar-refractivity contribution in [3.8, 4) is 0 Å². The van der Waals surface area contributed by atoms with Gasteiger partial charge in [0.1, 0.15) is 0 Å². The minimum absolute atomic E-state index is 0.0339. The molecule has 0 aromatic rings. The van der Waals surface area contributed by atoms with Gasteiger partial charge in [-0.3, -0.25) is 4.79 Å². The summed E-state index contributed by atoms with van der Waals surface area (Å²) in [6.45, 7) is 8.88. The Balaban J connectivity index is 1.59. The SMILES string of the molecule is CC(C)CCN1CCC(CNC(=O)CC2(O)CCCC2)CC1. The smallest absolute Gasteiger partial charge is 0.222 e. The van der Waals surface area contributed by atoms with E-state index in [1.54, 1.807) is 0 Å². The largest absolute Gasteiger partial charge is 0.389 e. The molecule has 4 nitrogen and oxygen atoms in total. The number of carbonyl (C=O) groups excluding carboxylic acids is 1. The molecule has 0 aromatic heterocycles. The van der Waals surface area contributed by atoms with E-state index in [1.807, 2.05) is 0 Å². The molecule has 2 aliphatic rings. The molecule has 1 saturated carbocycles. The van der Waals surface area contributed by atoms with E-state index >= 15 is 0 Å². The van der Waals surface area contributed by atoms with Crippen LogP contribution in [-0.4, -0.2) is 47.7 Å². The van der Waals surface area contributed by atoms with Gasteiger partial charge in [-0.1, -0.05) is 26.7 Å². The zero-order valence-corrected chi connectivity index (χ0v) is 14.4. The first-order valence-electron chi connectivity index (χ1n) is 9.18. The lowest BCUT2D eigenvalue weighted by atomic mass is 9.95. The van der Waals surface area contributed by atoms with Gasteiger partial charge in [-0.15, -0.1) is 0 Å². The van der Waals surface area contributed by atoms with Crippen LogP contribution in [0.1, 0.15) is 65.2 Å². The molecule has 1 saturated heterocycles. The van der Waals surface area contributed by atoms with Crippen LogP contribution in [0.15, 0.2) is 0 Å². The standard InChI is InChI=1S/C18H34N2O2/c1-15(2)5-10-20-11-6-16(7-12-20)14-19-17(21)13-18(22)8-3-4-9-18/h15-16,22H,3-14H2,1-2H3,(H,19,21). The highest BCUT2D eigenvalue weighted by Crippen LogP contribution is 2.32. The number of aliphatic hydroxyl groups is 1. The van der Waals surface area contributed by atoms with Crippen molar-refractivity contribution in [3.63, 3.8) is 0 Å². The minimum Gasteiger partial charge on any atom is -0.389 e. The second-order valence-corrected chi connectivity index (χ2v) is 7.88. The van der Waals surface area contributed by atoms with Crippen LogP contribution in [0.3, 0.4) is 0 Å². The molecule has 0 radical (unpaired) electrons. The zero-order chi connectivity index (χ0) is 16.0. The van der Waals surface area contributed by atoms with E-state index in [-0.39, 0.29) is 5.91 Å². The third-order valence-electron chi connectivity index (χ3n) is 5.34. The molecule has 22 heavy (non-hydrogen) atoms. The van der Waals surface area contributed by atoms with Crippen molar-refractivity contribution in [2.45, 2.75) is 70.8 Å². The molecule has 2 rings (SSSR count). The maximum absolute atomic E-state index is 12.0. The van der Waals surface area contributed by atoms with E-state index in [4.69, 9.17) is 0 Å². The Morgan fingerprint density at radius 3 is 2.50 bits per heavy atom. The molecule has 0 spiro atoms. The van der Waals surface area contributed by atoms with E-state index in [0.29, 0.717) is 12.3 Å². The van der Waals surface area contributed by atoms with E-state index in [0.717, 1.165) is 51.2 Å². The lowest BCUT2D eigenvalue weighted by molar-refractivity contribution is -0.126. The van der Waals surface area contributed by atoms with Crippen LogP contribution in [-0.2, 0) is 4.79 Å². The van der Waals surface area contributed by atoms with Crippen LogP contribution < -0.4 is 5.32 Å². The average Bonchev–Trinajstić information content (AvgIpc) is 2.90. The van der Waals surface area contributed by atoms with Crippen molar-refractivity contribution in [2.24, 2.45) is 11.8 Å². The Hall–Kier alpha value is -0.610. The van der Waals surface area contributed by atoms with Gasteiger partial charge in [0, 0.05) is 6.54 Å². The molecule has 2 fully saturated rings. The summed E-state index contributed by atoms with van der Waals surface area (Å²) in [5, 5.41) is 13.3. The number of hydrogen-bond acceptors (Lipinski definition) is 3. The molecule has 0 aromatic carbocycles. The number of likely N-dealkylation sites (tertiary alicyclic amines) is 1. The maximum Gasteiger partial charge on any atom is 0.222 e. The third kappa shape index (κ3) is 5.88. The highest BCUT2D eigenvalue weighted by molar-refractivity contribution is 5.77. The number of nitrogens with one attached hydrogen (secondary N) is 1. The van der Waals surface area contributed by atoms with Gasteiger partial charge < -0.3 is 15.3 Å². The van der Waals surface area contributed by atoms with Gasteiger partial charge in [0.15, 0.2) is 0 Å². The van der Waals surface area contributed by atoms with Gasteiger partial charge >= 0.3 is 0 Å². The van der Waals surface area contributed by atoms with Crippen molar-refractivity contribution in [2.75, 3.05) is 26.2 Å². The third-order valence-corrected chi connectivity index (χ3v) is 5.34. The number of nitrogens with zero attached hydrogens (tertiary/aromatic N) is 1. The summed E-state index contributed by atoms with van der Waals surface area (Å²) in [7, 11) is 0. The van der Waals surface area contributed by atoms with Crippen molar-refractivity contribution >= 4 is 5.91 Å². The first kappa shape index (κ1) is 17.7. The molecule has 2 N–H and O–H groups in total. The van der Waals surface area contributed by atoms with Gasteiger partial charge in [0.05, 0.1) is 12.0 Å². The van der Waals surface area contributed by atoms with Gasteiger partial charge in [-0.2, -0.15) is 0 Å². The Kier molecular flexibility index (Phi) is 6.69. The summed E-state index contributed by atoms with van der Waals surface area (Å²) < 4.78 is 0. The summed E-state index contributed by atoms with van der Waals surface area (Å²) in [6.07, 6.45) is 7.62. The van der Waals surface area contributed by atoms with Crippen molar-refractivity contribution in [3.05, 3.63) is 0 Å². The fraction of sp³-hybridized carbons (Fsp3) is 0.944. The van der Waals surface area contributed by atoms with Crippen LogP contribution >= 0.6 is 0 Å². The van der Waals surface area contributed by atoms with E-state index in [9.17, 15) is 9.90 Å². The normalized spacial score (nSPS) is 23.1. The predicted molar refractivity (Wildman–Crippen MR) is 89.7 cm³/mol. The van der Waals surface area contributed by atoms with Gasteiger partial charge in [0.2, 0.25) is 5.91 Å². The lowest BCUT2D eigenvalue weighted by Crippen LogP contribution is -2.41. The first-order valence-corrected chi connectivity index (χ1v) is 9.18. The summed E-state index contributed by atoms with van der Waals surface area (Å²) in [5.41, 5.74) is -0.718. The number of hydrogen-bond donors (Lipinski definition) is 2. The molecule has 128 valence electrons. The van der Waals surface area contributed by atoms with E-state index < -0.39 is 5.60 Å². The Morgan fingerprint density at radius 1 is 1.27 bits per heavy atom. The van der Waals surface area contributed by atoms with Crippen molar-refractivity contribution in [1.29, 1.82) is 0 Å². The fourth-order valence-corrected chi connectivity index (χ4v) is 3.68. The summed E-state index contributed by atoms with van der Waals surface area (Å²) >= 11 is 0. The average molecular weight is 310 g/mol. The Bertz CT molecular complexity index is 343.